The lowest BCUT2D eigenvalue weighted by Gasteiger charge is -2.10. The molecule has 5 aromatic rings. The van der Waals surface area contributed by atoms with Crippen molar-refractivity contribution in [1.29, 1.82) is 0 Å². The van der Waals surface area contributed by atoms with Crippen LogP contribution in [0.15, 0.2) is 91.4 Å². The number of hydrogen-bond donors (Lipinski definition) is 1. The molecule has 1 amide bonds. The highest BCUT2D eigenvalue weighted by Gasteiger charge is 2.30. The molecule has 0 unspecified atom stereocenters. The van der Waals surface area contributed by atoms with Gasteiger partial charge < -0.3 is 5.32 Å². The average molecular weight is 490 g/mol. The van der Waals surface area contributed by atoms with Crippen molar-refractivity contribution in [2.24, 2.45) is 0 Å². The van der Waals surface area contributed by atoms with Crippen molar-refractivity contribution in [2.45, 2.75) is 12.6 Å². The number of nitrogens with one attached hydrogen (secondary N) is 1. The molecular weight excluding hydrogens is 472 g/mol. The summed E-state index contributed by atoms with van der Waals surface area (Å²) in [7, 11) is 0. The number of carbonyl (C=O) groups is 1. The molecule has 0 bridgehead atoms. The van der Waals surface area contributed by atoms with Gasteiger partial charge in [0.25, 0.3) is 0 Å². The van der Waals surface area contributed by atoms with Crippen molar-refractivity contribution < 1.29 is 22.4 Å². The molecule has 0 aliphatic rings. The van der Waals surface area contributed by atoms with E-state index >= 15 is 0 Å². The summed E-state index contributed by atoms with van der Waals surface area (Å²) in [5.74, 6) is -0.975. The Morgan fingerprint density at radius 2 is 1.67 bits per heavy atom. The van der Waals surface area contributed by atoms with Crippen molar-refractivity contribution in [1.82, 2.24) is 14.4 Å². The lowest BCUT2D eigenvalue weighted by molar-refractivity contribution is -0.137. The molecular formula is C27H18F4N4O. The summed E-state index contributed by atoms with van der Waals surface area (Å²) in [6.45, 7) is 0. The number of nitrogens with zero attached hydrogens (tertiary/aromatic N) is 3. The van der Waals surface area contributed by atoms with Gasteiger partial charge in [-0.05, 0) is 53.1 Å². The van der Waals surface area contributed by atoms with Crippen molar-refractivity contribution >= 4 is 17.2 Å². The van der Waals surface area contributed by atoms with Gasteiger partial charge in [-0.15, -0.1) is 0 Å². The highest BCUT2D eigenvalue weighted by atomic mass is 19.4. The number of fused-ring (bicyclic) bond motifs is 1. The van der Waals surface area contributed by atoms with E-state index in [4.69, 9.17) is 0 Å². The first kappa shape index (κ1) is 23.2. The van der Waals surface area contributed by atoms with Crippen molar-refractivity contribution in [3.63, 3.8) is 0 Å². The number of imidazole rings is 1. The van der Waals surface area contributed by atoms with E-state index < -0.39 is 23.6 Å². The third-order valence-electron chi connectivity index (χ3n) is 5.66. The van der Waals surface area contributed by atoms with Crippen LogP contribution in [0.4, 0.5) is 23.2 Å². The summed E-state index contributed by atoms with van der Waals surface area (Å²) in [5.41, 5.74) is 3.86. The monoisotopic (exact) mass is 490 g/mol. The van der Waals surface area contributed by atoms with Gasteiger partial charge in [0.05, 0.1) is 23.9 Å². The van der Waals surface area contributed by atoms with Crippen LogP contribution in [0.2, 0.25) is 0 Å². The van der Waals surface area contributed by atoms with Crippen LogP contribution in [-0.2, 0) is 17.4 Å². The van der Waals surface area contributed by atoms with E-state index in [2.05, 4.69) is 15.3 Å². The van der Waals surface area contributed by atoms with Crippen LogP contribution in [0.5, 0.6) is 0 Å². The smallest absolute Gasteiger partial charge is 0.326 e. The van der Waals surface area contributed by atoms with Gasteiger partial charge in [0.2, 0.25) is 11.9 Å². The van der Waals surface area contributed by atoms with E-state index in [-0.39, 0.29) is 12.1 Å². The number of amides is 1. The molecule has 0 saturated carbocycles. The molecule has 5 rings (SSSR count). The number of halogens is 4. The number of benzene rings is 2. The molecule has 3 heterocycles. The Morgan fingerprint density at radius 3 is 2.42 bits per heavy atom. The van der Waals surface area contributed by atoms with Crippen LogP contribution in [0.1, 0.15) is 11.1 Å². The van der Waals surface area contributed by atoms with Gasteiger partial charge in [0, 0.05) is 29.7 Å². The van der Waals surface area contributed by atoms with Crippen molar-refractivity contribution in [3.05, 3.63) is 108 Å². The quantitative estimate of drug-likeness (QED) is 0.229. The molecule has 0 atom stereocenters. The van der Waals surface area contributed by atoms with Crippen LogP contribution in [-0.4, -0.2) is 20.3 Å². The SMILES string of the molecule is O=C(Cc1ccc(-c2cnc3cc(-c4ccnc(F)c4)ccn23)cc1)Nc1cccc(C(F)(F)F)c1. The number of rotatable bonds is 5. The fourth-order valence-corrected chi connectivity index (χ4v) is 3.91. The van der Waals surface area contributed by atoms with E-state index in [1.807, 2.05) is 34.9 Å². The Bertz CT molecular complexity index is 1560. The molecule has 36 heavy (non-hydrogen) atoms. The maximum absolute atomic E-state index is 13.5. The number of hydrogen-bond acceptors (Lipinski definition) is 3. The van der Waals surface area contributed by atoms with E-state index in [1.165, 1.54) is 24.4 Å². The number of carbonyl (C=O) groups excluding carboxylic acids is 1. The zero-order valence-electron chi connectivity index (χ0n) is 18.6. The molecule has 0 spiro atoms. The highest BCUT2D eigenvalue weighted by Crippen LogP contribution is 2.31. The lowest BCUT2D eigenvalue weighted by atomic mass is 10.1. The van der Waals surface area contributed by atoms with Gasteiger partial charge in [0.15, 0.2) is 0 Å². The van der Waals surface area contributed by atoms with E-state index in [9.17, 15) is 22.4 Å². The Morgan fingerprint density at radius 1 is 0.889 bits per heavy atom. The minimum absolute atomic E-state index is 0.00945. The van der Waals surface area contributed by atoms with Gasteiger partial charge in [0.1, 0.15) is 5.65 Å². The molecule has 180 valence electrons. The third-order valence-corrected chi connectivity index (χ3v) is 5.66. The summed E-state index contributed by atoms with van der Waals surface area (Å²) in [6, 6.07) is 18.6. The first-order chi connectivity index (χ1) is 17.3. The first-order valence-electron chi connectivity index (χ1n) is 10.9. The van der Waals surface area contributed by atoms with Crippen molar-refractivity contribution in [3.8, 4) is 22.4 Å². The summed E-state index contributed by atoms with van der Waals surface area (Å²) >= 11 is 0. The number of pyridine rings is 2. The second kappa shape index (κ2) is 9.26. The molecule has 0 fully saturated rings. The Balaban J connectivity index is 1.30. The van der Waals surface area contributed by atoms with Gasteiger partial charge in [-0.25, -0.2) is 9.97 Å². The first-order valence-corrected chi connectivity index (χ1v) is 10.9. The zero-order valence-corrected chi connectivity index (χ0v) is 18.6. The van der Waals surface area contributed by atoms with E-state index in [0.717, 1.165) is 29.0 Å². The molecule has 0 saturated heterocycles. The summed E-state index contributed by atoms with van der Waals surface area (Å²) in [5, 5.41) is 2.51. The molecule has 9 heteroatoms. The summed E-state index contributed by atoms with van der Waals surface area (Å²) in [6.07, 6.45) is 0.513. The van der Waals surface area contributed by atoms with Crippen LogP contribution in [0, 0.1) is 5.95 Å². The normalized spacial score (nSPS) is 11.6. The number of anilines is 1. The maximum Gasteiger partial charge on any atom is 0.416 e. The fraction of sp³-hybridized carbons (Fsp3) is 0.0741. The molecule has 3 aromatic heterocycles. The minimum Gasteiger partial charge on any atom is -0.326 e. The topological polar surface area (TPSA) is 59.3 Å². The number of alkyl halides is 3. The van der Waals surface area contributed by atoms with Crippen molar-refractivity contribution in [2.75, 3.05) is 5.32 Å². The predicted molar refractivity (Wildman–Crippen MR) is 128 cm³/mol. The maximum atomic E-state index is 13.5. The van der Waals surface area contributed by atoms with Gasteiger partial charge in [-0.2, -0.15) is 17.6 Å². The molecule has 0 aliphatic carbocycles. The lowest BCUT2D eigenvalue weighted by Crippen LogP contribution is -2.15. The molecule has 2 aromatic carbocycles. The standard InChI is InChI=1S/C27H18F4N4O/c28-24-13-19(8-10-32-24)20-9-11-35-23(16-33-25(35)14-20)18-6-4-17(5-7-18)12-26(36)34-22-3-1-2-21(15-22)27(29,30)31/h1-11,13-16H,12H2,(H,34,36). The van der Waals surface area contributed by atoms with Crippen LogP contribution in [0.3, 0.4) is 0 Å². The zero-order chi connectivity index (χ0) is 25.3. The second-order valence-electron chi connectivity index (χ2n) is 8.15. The van der Waals surface area contributed by atoms with Crippen LogP contribution in [0.25, 0.3) is 28.0 Å². The van der Waals surface area contributed by atoms with E-state index in [0.29, 0.717) is 16.8 Å². The summed E-state index contributed by atoms with van der Waals surface area (Å²) < 4.78 is 54.0. The molecule has 0 radical (unpaired) electrons. The Hall–Kier alpha value is -4.53. The van der Waals surface area contributed by atoms with Crippen LogP contribution < -0.4 is 5.32 Å². The van der Waals surface area contributed by atoms with Crippen LogP contribution >= 0.6 is 0 Å². The minimum atomic E-state index is -4.48. The Kier molecular flexibility index (Phi) is 5.97. The van der Waals surface area contributed by atoms with Gasteiger partial charge >= 0.3 is 6.18 Å². The molecule has 1 N–H and O–H groups in total. The molecule has 5 nitrogen and oxygen atoms in total. The second-order valence-corrected chi connectivity index (χ2v) is 8.15. The largest absolute Gasteiger partial charge is 0.416 e. The number of aromatic nitrogens is 3. The fourth-order valence-electron chi connectivity index (χ4n) is 3.91. The average Bonchev–Trinajstić information content (AvgIpc) is 3.27. The Labute approximate surface area is 203 Å². The molecule has 0 aliphatic heterocycles. The predicted octanol–water partition coefficient (Wildman–Crippen LogP) is 6.40. The van der Waals surface area contributed by atoms with E-state index in [1.54, 1.807) is 24.4 Å². The van der Waals surface area contributed by atoms with Gasteiger partial charge in [-0.3, -0.25) is 9.20 Å². The summed E-state index contributed by atoms with van der Waals surface area (Å²) in [4.78, 5) is 20.4. The highest BCUT2D eigenvalue weighted by molar-refractivity contribution is 5.92. The van der Waals surface area contributed by atoms with Gasteiger partial charge in [-0.1, -0.05) is 30.3 Å². The third kappa shape index (κ3) is 4.95.